The van der Waals surface area contributed by atoms with Gasteiger partial charge in [-0.2, -0.15) is 5.11 Å². The zero-order valence-electron chi connectivity index (χ0n) is 27.5. The number of methoxy groups -OCH3 is 1. The van der Waals surface area contributed by atoms with Crippen LogP contribution in [0.5, 0.6) is 0 Å². The van der Waals surface area contributed by atoms with Crippen LogP contribution in [-0.4, -0.2) is 116 Å². The van der Waals surface area contributed by atoms with Gasteiger partial charge in [0.15, 0.2) is 17.5 Å². The van der Waals surface area contributed by atoms with E-state index in [0.29, 0.717) is 17.7 Å². The Morgan fingerprint density at radius 2 is 1.71 bits per heavy atom. The number of halogens is 3. The van der Waals surface area contributed by atoms with E-state index >= 15 is 0 Å². The molecule has 1 aromatic carbocycles. The highest BCUT2D eigenvalue weighted by Gasteiger charge is 2.51. The first-order chi connectivity index (χ1) is 24.2. The number of hydrogen-bond donors (Lipinski definition) is 10. The summed E-state index contributed by atoms with van der Waals surface area (Å²) in [5.74, 6) is -4.67. The van der Waals surface area contributed by atoms with Gasteiger partial charge in [-0.1, -0.05) is 11.8 Å². The smallest absolute Gasteiger partial charge is 0.222 e. The van der Waals surface area contributed by atoms with E-state index < -0.39 is 89.7 Å². The second kappa shape index (κ2) is 17.6. The number of thioether (sulfide) groups is 1. The van der Waals surface area contributed by atoms with Crippen LogP contribution in [0.4, 0.5) is 19.0 Å². The Labute approximate surface area is 294 Å². The maximum Gasteiger partial charge on any atom is 0.222 e. The van der Waals surface area contributed by atoms with Crippen molar-refractivity contribution in [1.29, 1.82) is 5.53 Å². The Bertz CT molecular complexity index is 1570. The highest BCUT2D eigenvalue weighted by molar-refractivity contribution is 8.00. The average molecular weight is 744 g/mol. The van der Waals surface area contributed by atoms with Crippen LogP contribution < -0.4 is 21.7 Å². The van der Waals surface area contributed by atoms with Gasteiger partial charge in [0.25, 0.3) is 0 Å². The monoisotopic (exact) mass is 743 g/mol. The predicted molar refractivity (Wildman–Crippen MR) is 176 cm³/mol. The van der Waals surface area contributed by atoms with Crippen molar-refractivity contribution in [2.45, 2.75) is 79.5 Å². The lowest BCUT2D eigenvalue weighted by atomic mass is 9.94. The normalized spacial score (nSPS) is 30.7. The second-order valence-corrected chi connectivity index (χ2v) is 12.9. The molecule has 2 aliphatic heterocycles. The molecule has 0 spiro atoms. The Kier molecular flexibility index (Phi) is 13.8. The molecular weight excluding hydrogens is 703 g/mol. The maximum absolute atomic E-state index is 13.8. The number of amides is 1. The second-order valence-electron chi connectivity index (χ2n) is 11.7. The van der Waals surface area contributed by atoms with E-state index in [9.17, 15) is 43.5 Å². The number of nitrogens with two attached hydrogens (primary N) is 1. The Morgan fingerprint density at radius 1 is 1.08 bits per heavy atom. The fraction of sp³-hybridized carbons (Fsp3) is 0.484. The first-order valence-electron chi connectivity index (χ1n) is 15.5. The van der Waals surface area contributed by atoms with Crippen LogP contribution in [0.3, 0.4) is 0 Å². The molecule has 2 aliphatic rings. The number of ether oxygens (including phenoxy) is 3. The van der Waals surface area contributed by atoms with Crippen molar-refractivity contribution in [3.63, 3.8) is 0 Å². The third-order valence-electron chi connectivity index (χ3n) is 8.16. The number of aromatic nitrogens is 1. The topological polar surface area (TPSA) is 257 Å². The van der Waals surface area contributed by atoms with Gasteiger partial charge in [-0.05, 0) is 31.2 Å². The van der Waals surface area contributed by atoms with Gasteiger partial charge in [0.2, 0.25) is 5.91 Å². The number of carbonyl (C=O) groups is 1. The summed E-state index contributed by atoms with van der Waals surface area (Å²) in [6, 6.07) is 2.08. The van der Waals surface area contributed by atoms with E-state index in [-0.39, 0.29) is 28.7 Å². The zero-order chi connectivity index (χ0) is 37.6. The number of rotatable bonds is 13. The fourth-order valence-corrected chi connectivity index (χ4v) is 6.86. The van der Waals surface area contributed by atoms with Crippen LogP contribution in [0.1, 0.15) is 25.0 Å². The van der Waals surface area contributed by atoms with Crippen molar-refractivity contribution < 1.29 is 57.7 Å². The number of hydrogen-bond acceptors (Lipinski definition) is 16. The third kappa shape index (κ3) is 9.33. The van der Waals surface area contributed by atoms with Gasteiger partial charge in [-0.3, -0.25) is 4.79 Å². The molecule has 4 rings (SSSR count). The summed E-state index contributed by atoms with van der Waals surface area (Å²) in [6.45, 7) is 2.06. The fourth-order valence-electron chi connectivity index (χ4n) is 5.53. The van der Waals surface area contributed by atoms with Gasteiger partial charge in [-0.15, -0.1) is 0 Å². The molecule has 1 amide bonds. The lowest BCUT2D eigenvalue weighted by molar-refractivity contribution is -0.193. The van der Waals surface area contributed by atoms with Crippen molar-refractivity contribution in [2.24, 2.45) is 10.8 Å². The molecular formula is C31H40F3N7O9S. The molecule has 7 unspecified atom stereocenters. The minimum Gasteiger partial charge on any atom is -0.397 e. The van der Waals surface area contributed by atoms with Gasteiger partial charge in [-0.25, -0.2) is 23.7 Å². The highest BCUT2D eigenvalue weighted by atomic mass is 32.2. The van der Waals surface area contributed by atoms with Crippen LogP contribution >= 0.6 is 11.8 Å². The molecule has 280 valence electrons. The van der Waals surface area contributed by atoms with E-state index in [1.807, 2.05) is 0 Å². The number of nitrogens with one attached hydrogen (secondary N) is 4. The van der Waals surface area contributed by atoms with E-state index in [1.54, 1.807) is 0 Å². The van der Waals surface area contributed by atoms with Gasteiger partial charge < -0.3 is 61.4 Å². The molecule has 0 aliphatic carbocycles. The van der Waals surface area contributed by atoms with Crippen LogP contribution in [0.2, 0.25) is 0 Å². The minimum absolute atomic E-state index is 0.0382. The highest BCUT2D eigenvalue weighted by Crippen LogP contribution is 2.38. The third-order valence-corrected chi connectivity index (χ3v) is 9.48. The minimum atomic E-state index is -1.67. The van der Waals surface area contributed by atoms with E-state index in [0.717, 1.165) is 18.0 Å². The number of pyridine rings is 1. The van der Waals surface area contributed by atoms with Crippen molar-refractivity contribution in [3.8, 4) is 0 Å². The standard InChI is InChI=1S/C31H40F3N7O9S/c1-12(43)28-29(48-3)24(38-9-18(35)15-6-16(32)22(34)17(33)7-15)27(47)31(50-28)51-30-26(46)23(25(45)20(11-42)49-30)39-10-19(41-36)14-4-5-21(37-8-14)40-13(2)44/h4-10,12,20,23-31,36,38-39,42-43,45-47H,11,35H2,1-3H3,(H,37,40,44)/b18-9-,19-10-,41-36?/t12?,20-,23?,24?,25?,26-,27?,28?,29-,30+,31?/m1/s1. The number of benzene rings is 1. The molecule has 16 nitrogen and oxygen atoms in total. The molecule has 11 N–H and O–H groups in total. The lowest BCUT2D eigenvalue weighted by Gasteiger charge is -2.48. The van der Waals surface area contributed by atoms with E-state index in [4.69, 9.17) is 25.5 Å². The Morgan fingerprint density at radius 3 is 2.25 bits per heavy atom. The summed E-state index contributed by atoms with van der Waals surface area (Å²) in [5, 5.41) is 65.9. The molecule has 2 aromatic rings. The lowest BCUT2D eigenvalue weighted by Crippen LogP contribution is -2.65. The van der Waals surface area contributed by atoms with Gasteiger partial charge >= 0.3 is 0 Å². The summed E-state index contributed by atoms with van der Waals surface area (Å²) in [7, 11) is 1.30. The zero-order valence-corrected chi connectivity index (χ0v) is 28.3. The quantitative estimate of drug-likeness (QED) is 0.0980. The Balaban J connectivity index is 1.56. The van der Waals surface area contributed by atoms with Crippen LogP contribution in [0.15, 0.2) is 48.0 Å². The molecule has 20 heteroatoms. The van der Waals surface area contributed by atoms with Crippen molar-refractivity contribution in [2.75, 3.05) is 19.0 Å². The summed E-state index contributed by atoms with van der Waals surface area (Å²) in [6.07, 6.45) is -5.33. The van der Waals surface area contributed by atoms with Crippen LogP contribution in [0, 0.1) is 23.0 Å². The molecule has 1 aromatic heterocycles. The van der Waals surface area contributed by atoms with E-state index in [2.05, 4.69) is 26.0 Å². The largest absolute Gasteiger partial charge is 0.397 e. The number of anilines is 1. The number of nitrogens with zero attached hydrogens (tertiary/aromatic N) is 2. The summed E-state index contributed by atoms with van der Waals surface area (Å²) < 4.78 is 58.5. The number of aliphatic hydroxyl groups excluding tert-OH is 5. The van der Waals surface area contributed by atoms with Crippen molar-refractivity contribution in [1.82, 2.24) is 15.6 Å². The first-order valence-corrected chi connectivity index (χ1v) is 16.4. The van der Waals surface area contributed by atoms with Crippen molar-refractivity contribution in [3.05, 3.63) is 71.4 Å². The molecule has 0 saturated carbocycles. The van der Waals surface area contributed by atoms with Gasteiger partial charge in [0.05, 0.1) is 30.5 Å². The number of carbonyl (C=O) groups excluding carboxylic acids is 1. The van der Waals surface area contributed by atoms with Gasteiger partial charge in [0, 0.05) is 43.8 Å². The molecule has 51 heavy (non-hydrogen) atoms. The maximum atomic E-state index is 13.8. The molecule has 2 fully saturated rings. The first kappa shape index (κ1) is 39.9. The summed E-state index contributed by atoms with van der Waals surface area (Å²) in [5.41, 5.74) is 11.0. The Hall–Kier alpha value is -3.86. The van der Waals surface area contributed by atoms with Crippen molar-refractivity contribution >= 4 is 34.9 Å². The molecule has 0 bridgehead atoms. The van der Waals surface area contributed by atoms with Crippen LogP contribution in [0.25, 0.3) is 11.4 Å². The average Bonchev–Trinajstić information content (AvgIpc) is 3.09. The molecule has 0 radical (unpaired) electrons. The number of aliphatic hydroxyl groups is 5. The molecule has 3 heterocycles. The molecule has 2 saturated heterocycles. The molecule has 11 atom stereocenters. The van der Waals surface area contributed by atoms with E-state index in [1.165, 1.54) is 45.5 Å². The summed E-state index contributed by atoms with van der Waals surface area (Å²) in [4.78, 5) is 15.4. The van der Waals surface area contributed by atoms with Gasteiger partial charge in [0.1, 0.15) is 59.0 Å². The van der Waals surface area contributed by atoms with Crippen LogP contribution in [-0.2, 0) is 19.0 Å². The predicted octanol–water partition coefficient (Wildman–Crippen LogP) is 0.314. The SMILES string of the molecule is CO[C@@H]1C(N/C=C(\N)c2cc(F)c(F)c(F)c2)C(O)C(S[C@@H]2O[C@H](CO)C(O)C(N/C=C(\N=N)c3ccc(NC(C)=O)nc3)[C@H]2O)OC1C(C)O. The summed E-state index contributed by atoms with van der Waals surface area (Å²) >= 11 is 0.767.